The van der Waals surface area contributed by atoms with Crippen LogP contribution in [0.4, 0.5) is 5.69 Å². The number of aromatic amines is 1. The van der Waals surface area contributed by atoms with Gasteiger partial charge < -0.3 is 24.9 Å². The zero-order valence-electron chi connectivity index (χ0n) is 19.6. The van der Waals surface area contributed by atoms with E-state index in [1.54, 1.807) is 12.1 Å². The normalized spacial score (nSPS) is 13.5. The minimum Gasteiger partial charge on any atom is -0.387 e. The second-order valence-electron chi connectivity index (χ2n) is 8.60. The lowest BCUT2D eigenvalue weighted by Crippen LogP contribution is -2.32. The SMILES string of the molecule is CC(C)=CCNc1cccc([C@@H](O)CN[C@H](C)Cc2c[nH]c3c(OS(C)(=O)=O)cccc23)c1. The number of aliphatic hydroxyl groups excluding tert-OH is 1. The van der Waals surface area contributed by atoms with Gasteiger partial charge in [0.15, 0.2) is 5.75 Å². The second kappa shape index (κ2) is 10.9. The van der Waals surface area contributed by atoms with Crippen LogP contribution in [0.15, 0.2) is 60.3 Å². The predicted molar refractivity (Wildman–Crippen MR) is 134 cm³/mol. The Hall–Kier alpha value is -2.81. The molecule has 0 saturated heterocycles. The van der Waals surface area contributed by atoms with Crippen LogP contribution in [-0.2, 0) is 16.5 Å². The van der Waals surface area contributed by atoms with E-state index in [-0.39, 0.29) is 11.8 Å². The molecule has 2 atom stereocenters. The van der Waals surface area contributed by atoms with Gasteiger partial charge in [-0.15, -0.1) is 0 Å². The van der Waals surface area contributed by atoms with Crippen LogP contribution in [0.1, 0.15) is 38.0 Å². The third-order valence-electron chi connectivity index (χ3n) is 5.28. The quantitative estimate of drug-likeness (QED) is 0.248. The van der Waals surface area contributed by atoms with Gasteiger partial charge in [-0.2, -0.15) is 8.42 Å². The van der Waals surface area contributed by atoms with Crippen molar-refractivity contribution in [3.8, 4) is 5.75 Å². The lowest BCUT2D eigenvalue weighted by Gasteiger charge is -2.18. The third kappa shape index (κ3) is 7.35. The number of anilines is 1. The number of hydrogen-bond acceptors (Lipinski definition) is 6. The molecule has 1 aromatic heterocycles. The third-order valence-corrected chi connectivity index (χ3v) is 5.76. The maximum absolute atomic E-state index is 11.5. The largest absolute Gasteiger partial charge is 0.387 e. The van der Waals surface area contributed by atoms with E-state index in [0.717, 1.165) is 35.0 Å². The molecule has 1 heterocycles. The van der Waals surface area contributed by atoms with Gasteiger partial charge in [-0.25, -0.2) is 0 Å². The van der Waals surface area contributed by atoms with Crippen LogP contribution in [0.25, 0.3) is 10.9 Å². The molecule has 0 amide bonds. The first-order valence-electron chi connectivity index (χ1n) is 11.0. The van der Waals surface area contributed by atoms with Gasteiger partial charge in [-0.1, -0.05) is 35.9 Å². The van der Waals surface area contributed by atoms with Crippen molar-refractivity contribution < 1.29 is 17.7 Å². The van der Waals surface area contributed by atoms with Crippen LogP contribution >= 0.6 is 0 Å². The predicted octanol–water partition coefficient (Wildman–Crippen LogP) is 4.14. The number of hydrogen-bond donors (Lipinski definition) is 4. The summed E-state index contributed by atoms with van der Waals surface area (Å²) in [5.74, 6) is 0.287. The van der Waals surface area contributed by atoms with E-state index in [2.05, 4.69) is 42.5 Å². The number of benzene rings is 2. The first-order valence-corrected chi connectivity index (χ1v) is 12.8. The van der Waals surface area contributed by atoms with E-state index in [4.69, 9.17) is 4.18 Å². The molecule has 7 nitrogen and oxygen atoms in total. The van der Waals surface area contributed by atoms with Crippen molar-refractivity contribution in [3.63, 3.8) is 0 Å². The summed E-state index contributed by atoms with van der Waals surface area (Å²) >= 11 is 0. The smallest absolute Gasteiger partial charge is 0.306 e. The number of rotatable bonds is 11. The van der Waals surface area contributed by atoms with E-state index >= 15 is 0 Å². The van der Waals surface area contributed by atoms with Crippen LogP contribution in [0, 0.1) is 0 Å². The molecule has 0 saturated carbocycles. The Balaban J connectivity index is 1.59. The molecular weight excluding hydrogens is 438 g/mol. The van der Waals surface area contributed by atoms with Gasteiger partial charge in [-0.05, 0) is 56.5 Å². The Kier molecular flexibility index (Phi) is 8.18. The fraction of sp³-hybridized carbons (Fsp3) is 0.360. The van der Waals surface area contributed by atoms with Crippen molar-refractivity contribution in [1.82, 2.24) is 10.3 Å². The van der Waals surface area contributed by atoms with Crippen LogP contribution in [0.3, 0.4) is 0 Å². The molecule has 33 heavy (non-hydrogen) atoms. The lowest BCUT2D eigenvalue weighted by molar-refractivity contribution is 0.170. The Bertz CT molecular complexity index is 1210. The highest BCUT2D eigenvalue weighted by Crippen LogP contribution is 2.29. The van der Waals surface area contributed by atoms with Gasteiger partial charge in [0.1, 0.15) is 0 Å². The lowest BCUT2D eigenvalue weighted by atomic mass is 10.0. The Morgan fingerprint density at radius 2 is 1.97 bits per heavy atom. The fourth-order valence-corrected chi connectivity index (χ4v) is 4.11. The van der Waals surface area contributed by atoms with E-state index in [1.165, 1.54) is 5.57 Å². The number of H-pyrrole nitrogens is 1. The van der Waals surface area contributed by atoms with Crippen LogP contribution in [-0.4, -0.2) is 43.9 Å². The second-order valence-corrected chi connectivity index (χ2v) is 10.2. The van der Waals surface area contributed by atoms with Crippen molar-refractivity contribution in [2.45, 2.75) is 39.3 Å². The summed E-state index contributed by atoms with van der Waals surface area (Å²) in [5, 5.41) is 18.3. The van der Waals surface area contributed by atoms with Crippen molar-refractivity contribution in [3.05, 3.63) is 71.4 Å². The summed E-state index contributed by atoms with van der Waals surface area (Å²) in [6.07, 6.45) is 5.10. The van der Waals surface area contributed by atoms with Crippen molar-refractivity contribution in [1.29, 1.82) is 0 Å². The van der Waals surface area contributed by atoms with Gasteiger partial charge in [-0.3, -0.25) is 0 Å². The van der Waals surface area contributed by atoms with Crippen LogP contribution in [0.5, 0.6) is 5.75 Å². The van der Waals surface area contributed by atoms with E-state index in [0.29, 0.717) is 18.5 Å². The number of para-hydroxylation sites is 1. The van der Waals surface area contributed by atoms with Gasteiger partial charge >= 0.3 is 10.1 Å². The Morgan fingerprint density at radius 1 is 1.21 bits per heavy atom. The molecule has 3 rings (SSSR count). The highest BCUT2D eigenvalue weighted by atomic mass is 32.2. The minimum atomic E-state index is -3.61. The molecule has 4 N–H and O–H groups in total. The molecule has 0 bridgehead atoms. The summed E-state index contributed by atoms with van der Waals surface area (Å²) in [6, 6.07) is 13.3. The maximum atomic E-state index is 11.5. The molecule has 0 aliphatic carbocycles. The summed E-state index contributed by atoms with van der Waals surface area (Å²) < 4.78 is 28.1. The molecule has 0 aliphatic rings. The number of allylic oxidation sites excluding steroid dienone is 1. The van der Waals surface area contributed by atoms with Gasteiger partial charge in [0.2, 0.25) is 0 Å². The molecule has 0 unspecified atom stereocenters. The standard InChI is InChI=1S/C25H33N3O4S/c1-17(2)11-12-26-21-8-5-7-19(14-21)23(29)16-27-18(3)13-20-15-28-25-22(20)9-6-10-24(25)32-33(4,30)31/h5-11,14-15,18,23,26-29H,12-13,16H2,1-4H3/t18-,23+/m1/s1. The Labute approximate surface area is 196 Å². The van der Waals surface area contributed by atoms with Crippen molar-refractivity contribution in [2.24, 2.45) is 0 Å². The molecule has 178 valence electrons. The average molecular weight is 472 g/mol. The van der Waals surface area contributed by atoms with Gasteiger partial charge in [0, 0.05) is 36.4 Å². The van der Waals surface area contributed by atoms with Crippen LogP contribution in [0.2, 0.25) is 0 Å². The first kappa shape index (κ1) is 24.8. The van der Waals surface area contributed by atoms with E-state index in [9.17, 15) is 13.5 Å². The fourth-order valence-electron chi connectivity index (χ4n) is 3.65. The van der Waals surface area contributed by atoms with Crippen molar-refractivity contribution >= 4 is 26.7 Å². The molecule has 0 aliphatic heterocycles. The molecule has 3 aromatic rings. The average Bonchev–Trinajstić information content (AvgIpc) is 3.15. The molecule has 2 aromatic carbocycles. The summed E-state index contributed by atoms with van der Waals surface area (Å²) in [7, 11) is -3.61. The summed E-state index contributed by atoms with van der Waals surface area (Å²) in [6.45, 7) is 7.35. The summed E-state index contributed by atoms with van der Waals surface area (Å²) in [5.41, 5.74) is 4.78. The molecule has 8 heteroatoms. The summed E-state index contributed by atoms with van der Waals surface area (Å²) in [4.78, 5) is 3.13. The van der Waals surface area contributed by atoms with Gasteiger partial charge in [0.05, 0.1) is 17.9 Å². The molecular formula is C25H33N3O4S. The zero-order chi connectivity index (χ0) is 24.0. The minimum absolute atomic E-state index is 0.0945. The highest BCUT2D eigenvalue weighted by molar-refractivity contribution is 7.86. The number of aliphatic hydroxyl groups is 1. The maximum Gasteiger partial charge on any atom is 0.306 e. The van der Waals surface area contributed by atoms with Crippen molar-refractivity contribution in [2.75, 3.05) is 24.7 Å². The Morgan fingerprint density at radius 3 is 2.70 bits per heavy atom. The van der Waals surface area contributed by atoms with E-state index in [1.807, 2.05) is 36.5 Å². The molecule has 0 spiro atoms. The topological polar surface area (TPSA) is 103 Å². The highest BCUT2D eigenvalue weighted by Gasteiger charge is 2.15. The molecule has 0 fully saturated rings. The van der Waals surface area contributed by atoms with Gasteiger partial charge in [0.25, 0.3) is 0 Å². The molecule has 0 radical (unpaired) electrons. The first-order chi connectivity index (χ1) is 15.6. The van der Waals surface area contributed by atoms with E-state index < -0.39 is 16.2 Å². The number of fused-ring (bicyclic) bond motifs is 1. The zero-order valence-corrected chi connectivity index (χ0v) is 20.4. The number of nitrogens with one attached hydrogen (secondary N) is 3. The monoisotopic (exact) mass is 471 g/mol. The number of aromatic nitrogens is 1. The van der Waals surface area contributed by atoms with Crippen LogP contribution < -0.4 is 14.8 Å².